The first kappa shape index (κ1) is 14.4. The van der Waals surface area contributed by atoms with Crippen LogP contribution < -0.4 is 10.6 Å². The zero-order valence-electron chi connectivity index (χ0n) is 11.3. The van der Waals surface area contributed by atoms with E-state index in [-0.39, 0.29) is 5.84 Å². The molecule has 100 valence electrons. The summed E-state index contributed by atoms with van der Waals surface area (Å²) in [6, 6.07) is 1.76. The first-order valence-corrected chi connectivity index (χ1v) is 6.61. The second-order valence-electron chi connectivity index (χ2n) is 4.38. The minimum absolute atomic E-state index is 0.0536. The topological polar surface area (TPSA) is 78.9 Å². The number of anilines is 1. The van der Waals surface area contributed by atoms with Gasteiger partial charge in [0, 0.05) is 13.1 Å². The highest BCUT2D eigenvalue weighted by atomic mass is 15.3. The van der Waals surface area contributed by atoms with Gasteiger partial charge in [-0.25, -0.2) is 0 Å². The highest BCUT2D eigenvalue weighted by Crippen LogP contribution is 2.17. The molecule has 0 unspecified atom stereocenters. The van der Waals surface area contributed by atoms with Crippen LogP contribution >= 0.6 is 0 Å². The number of rotatable bonds is 8. The second kappa shape index (κ2) is 7.63. The van der Waals surface area contributed by atoms with Crippen molar-refractivity contribution >= 4 is 11.7 Å². The fourth-order valence-electron chi connectivity index (χ4n) is 1.79. The van der Waals surface area contributed by atoms with E-state index in [2.05, 4.69) is 28.9 Å². The third-order valence-electron chi connectivity index (χ3n) is 2.85. The van der Waals surface area contributed by atoms with E-state index in [0.717, 1.165) is 44.6 Å². The van der Waals surface area contributed by atoms with E-state index < -0.39 is 0 Å². The molecular formula is C13H23N5. The summed E-state index contributed by atoms with van der Waals surface area (Å²) in [7, 11) is 0. The summed E-state index contributed by atoms with van der Waals surface area (Å²) < 4.78 is 0. The van der Waals surface area contributed by atoms with Gasteiger partial charge in [0.1, 0.15) is 5.84 Å². The normalized spacial score (nSPS) is 10.3. The number of nitrogen functional groups attached to an aromatic ring is 1. The Balaban J connectivity index is 2.92. The summed E-state index contributed by atoms with van der Waals surface area (Å²) in [5.74, 6) is 0.796. The first-order valence-electron chi connectivity index (χ1n) is 6.61. The van der Waals surface area contributed by atoms with Gasteiger partial charge in [-0.15, -0.1) is 5.10 Å². The smallest absolute Gasteiger partial charge is 0.162 e. The predicted octanol–water partition coefficient (Wildman–Crippen LogP) is 2.17. The van der Waals surface area contributed by atoms with Crippen molar-refractivity contribution in [3.05, 3.63) is 17.8 Å². The average Bonchev–Trinajstić information content (AvgIpc) is 2.39. The minimum Gasteiger partial charge on any atom is -0.384 e. The Kier molecular flexibility index (Phi) is 6.11. The van der Waals surface area contributed by atoms with Crippen LogP contribution in [0.5, 0.6) is 0 Å². The molecule has 0 saturated heterocycles. The fraction of sp³-hybridized carbons (Fsp3) is 0.615. The highest BCUT2D eigenvalue weighted by molar-refractivity contribution is 5.99. The number of amidine groups is 1. The van der Waals surface area contributed by atoms with Gasteiger partial charge < -0.3 is 10.6 Å². The van der Waals surface area contributed by atoms with Gasteiger partial charge in [0.05, 0.1) is 11.8 Å². The Morgan fingerprint density at radius 1 is 1.28 bits per heavy atom. The van der Waals surface area contributed by atoms with Crippen LogP contribution in [0.2, 0.25) is 0 Å². The van der Waals surface area contributed by atoms with Crippen LogP contribution in [-0.2, 0) is 0 Å². The Morgan fingerprint density at radius 2 is 1.89 bits per heavy atom. The molecule has 0 bridgehead atoms. The summed E-state index contributed by atoms with van der Waals surface area (Å²) in [5.41, 5.74) is 6.28. The quantitative estimate of drug-likeness (QED) is 0.546. The average molecular weight is 249 g/mol. The number of nitrogens with two attached hydrogens (primary N) is 1. The molecule has 5 heteroatoms. The van der Waals surface area contributed by atoms with Crippen molar-refractivity contribution in [1.29, 1.82) is 5.41 Å². The van der Waals surface area contributed by atoms with Crippen LogP contribution in [0.4, 0.5) is 5.82 Å². The van der Waals surface area contributed by atoms with Crippen molar-refractivity contribution in [2.75, 3.05) is 18.0 Å². The first-order chi connectivity index (χ1) is 8.70. The molecule has 0 aliphatic carbocycles. The summed E-state index contributed by atoms with van der Waals surface area (Å²) in [5, 5.41) is 15.7. The van der Waals surface area contributed by atoms with Crippen molar-refractivity contribution < 1.29 is 0 Å². The molecule has 0 atom stereocenters. The van der Waals surface area contributed by atoms with Crippen molar-refractivity contribution in [2.45, 2.75) is 39.5 Å². The SMILES string of the molecule is CCCCN(CCCC)c1nnccc1C(=N)N. The van der Waals surface area contributed by atoms with Gasteiger partial charge in [-0.05, 0) is 18.9 Å². The minimum atomic E-state index is 0.0536. The molecule has 1 aromatic rings. The molecule has 0 amide bonds. The van der Waals surface area contributed by atoms with E-state index in [0.29, 0.717) is 5.56 Å². The maximum absolute atomic E-state index is 7.61. The molecule has 0 aliphatic rings. The third-order valence-corrected chi connectivity index (χ3v) is 2.85. The lowest BCUT2D eigenvalue weighted by atomic mass is 10.2. The molecule has 5 nitrogen and oxygen atoms in total. The van der Waals surface area contributed by atoms with Crippen LogP contribution in [0.1, 0.15) is 45.1 Å². The van der Waals surface area contributed by atoms with Crippen LogP contribution in [0, 0.1) is 5.41 Å². The molecular weight excluding hydrogens is 226 g/mol. The Bertz CT molecular complexity index is 369. The number of hydrogen-bond acceptors (Lipinski definition) is 4. The highest BCUT2D eigenvalue weighted by Gasteiger charge is 2.14. The summed E-state index contributed by atoms with van der Waals surface area (Å²) in [6.07, 6.45) is 6.07. The lowest BCUT2D eigenvalue weighted by molar-refractivity contribution is 0.666. The second-order valence-corrected chi connectivity index (χ2v) is 4.38. The lowest BCUT2D eigenvalue weighted by Crippen LogP contribution is -2.29. The number of nitrogens with one attached hydrogen (secondary N) is 1. The van der Waals surface area contributed by atoms with E-state index in [9.17, 15) is 0 Å². The fourth-order valence-corrected chi connectivity index (χ4v) is 1.79. The zero-order chi connectivity index (χ0) is 13.4. The zero-order valence-corrected chi connectivity index (χ0v) is 11.3. The van der Waals surface area contributed by atoms with E-state index in [1.54, 1.807) is 12.3 Å². The third kappa shape index (κ3) is 3.98. The van der Waals surface area contributed by atoms with E-state index >= 15 is 0 Å². The Hall–Kier alpha value is -1.65. The molecule has 0 fully saturated rings. The van der Waals surface area contributed by atoms with Crippen molar-refractivity contribution in [3.63, 3.8) is 0 Å². The number of nitrogens with zero attached hydrogens (tertiary/aromatic N) is 3. The van der Waals surface area contributed by atoms with Gasteiger partial charge in [-0.1, -0.05) is 26.7 Å². The van der Waals surface area contributed by atoms with Gasteiger partial charge in [0.2, 0.25) is 0 Å². The van der Waals surface area contributed by atoms with Crippen molar-refractivity contribution in [1.82, 2.24) is 10.2 Å². The maximum atomic E-state index is 7.61. The molecule has 0 spiro atoms. The predicted molar refractivity (Wildman–Crippen MR) is 75.1 cm³/mol. The lowest BCUT2D eigenvalue weighted by Gasteiger charge is -2.24. The van der Waals surface area contributed by atoms with Gasteiger partial charge >= 0.3 is 0 Å². The maximum Gasteiger partial charge on any atom is 0.162 e. The number of unbranched alkanes of at least 4 members (excludes halogenated alkanes) is 2. The van der Waals surface area contributed by atoms with E-state index in [1.807, 2.05) is 0 Å². The molecule has 1 heterocycles. The molecule has 1 rings (SSSR count). The molecule has 0 saturated carbocycles. The van der Waals surface area contributed by atoms with Crippen LogP contribution in [-0.4, -0.2) is 29.1 Å². The van der Waals surface area contributed by atoms with Gasteiger partial charge in [0.15, 0.2) is 5.82 Å². The van der Waals surface area contributed by atoms with E-state index in [4.69, 9.17) is 11.1 Å². The molecule has 0 radical (unpaired) electrons. The van der Waals surface area contributed by atoms with E-state index in [1.165, 1.54) is 0 Å². The largest absolute Gasteiger partial charge is 0.384 e. The standard InChI is InChI=1S/C13H23N5/c1-3-5-9-18(10-6-4-2)13-11(12(14)15)7-8-16-17-13/h7-8H,3-6,9-10H2,1-2H3,(H3,14,15). The molecule has 1 aromatic heterocycles. The number of aromatic nitrogens is 2. The van der Waals surface area contributed by atoms with Gasteiger partial charge in [-0.2, -0.15) is 5.10 Å². The summed E-state index contributed by atoms with van der Waals surface area (Å²) in [4.78, 5) is 2.19. The summed E-state index contributed by atoms with van der Waals surface area (Å²) >= 11 is 0. The van der Waals surface area contributed by atoms with Gasteiger partial charge in [-0.3, -0.25) is 5.41 Å². The number of hydrogen-bond donors (Lipinski definition) is 2. The van der Waals surface area contributed by atoms with Crippen molar-refractivity contribution in [2.24, 2.45) is 5.73 Å². The molecule has 0 aromatic carbocycles. The molecule has 18 heavy (non-hydrogen) atoms. The van der Waals surface area contributed by atoms with Crippen molar-refractivity contribution in [3.8, 4) is 0 Å². The molecule has 3 N–H and O–H groups in total. The van der Waals surface area contributed by atoms with Gasteiger partial charge in [0.25, 0.3) is 0 Å². The summed E-state index contributed by atoms with van der Waals surface area (Å²) in [6.45, 7) is 6.21. The molecule has 0 aliphatic heterocycles. The monoisotopic (exact) mass is 249 g/mol. The van der Waals surface area contributed by atoms with Crippen LogP contribution in [0.3, 0.4) is 0 Å². The van der Waals surface area contributed by atoms with Crippen LogP contribution in [0.15, 0.2) is 12.3 Å². The van der Waals surface area contributed by atoms with Crippen LogP contribution in [0.25, 0.3) is 0 Å². The Morgan fingerprint density at radius 3 is 2.39 bits per heavy atom. The Labute approximate surface area is 109 Å².